The van der Waals surface area contributed by atoms with Crippen LogP contribution >= 0.6 is 0 Å². The summed E-state index contributed by atoms with van der Waals surface area (Å²) in [5.41, 5.74) is 2.51. The van der Waals surface area contributed by atoms with E-state index >= 15 is 0 Å². The van der Waals surface area contributed by atoms with E-state index in [9.17, 15) is 0 Å². The number of aryl methyl sites for hydroxylation is 1. The Morgan fingerprint density at radius 1 is 1.30 bits per heavy atom. The molecule has 8 nitrogen and oxygen atoms in total. The highest BCUT2D eigenvalue weighted by molar-refractivity contribution is 5.78. The second-order valence-corrected chi connectivity index (χ2v) is 7.93. The van der Waals surface area contributed by atoms with Gasteiger partial charge in [0, 0.05) is 48.4 Å². The second-order valence-electron chi connectivity index (χ2n) is 7.93. The van der Waals surface area contributed by atoms with Crippen molar-refractivity contribution in [1.29, 1.82) is 5.26 Å². The maximum atomic E-state index is 8.79. The van der Waals surface area contributed by atoms with Crippen LogP contribution in [0, 0.1) is 24.2 Å². The van der Waals surface area contributed by atoms with Crippen molar-refractivity contribution in [3.63, 3.8) is 0 Å². The third-order valence-corrected chi connectivity index (χ3v) is 5.33. The highest BCUT2D eigenvalue weighted by atomic mass is 15.2. The molecule has 1 aliphatic carbocycles. The molecule has 3 unspecified atom stereocenters. The Morgan fingerprint density at radius 2 is 2.10 bits per heavy atom. The Balaban J connectivity index is 1.80. The van der Waals surface area contributed by atoms with Gasteiger partial charge in [-0.3, -0.25) is 10.1 Å². The van der Waals surface area contributed by atoms with Gasteiger partial charge in [0.15, 0.2) is 5.82 Å². The molecule has 0 amide bonds. The smallest absolute Gasteiger partial charge is 0.153 e. The highest BCUT2D eigenvalue weighted by Gasteiger charge is 2.27. The third kappa shape index (κ3) is 5.45. The second kappa shape index (κ2) is 10.0. The SMILES string of the molecule is C=Cc1c(N=C)cc(Nc2cc(C)[nH]n2)nc1NC1CC(C)CC(NCCC#N)C1. The topological polar surface area (TPSA) is 114 Å². The van der Waals surface area contributed by atoms with Crippen LogP contribution in [0.3, 0.4) is 0 Å². The minimum atomic E-state index is 0.264. The molecule has 0 bridgehead atoms. The average Bonchev–Trinajstić information content (AvgIpc) is 3.12. The zero-order valence-corrected chi connectivity index (χ0v) is 17.7. The summed E-state index contributed by atoms with van der Waals surface area (Å²) in [5.74, 6) is 2.65. The third-order valence-electron chi connectivity index (χ3n) is 5.33. The Bertz CT molecular complexity index is 926. The maximum absolute atomic E-state index is 8.79. The van der Waals surface area contributed by atoms with E-state index in [0.29, 0.717) is 35.7 Å². The molecule has 0 aliphatic heterocycles. The number of pyridine rings is 1. The van der Waals surface area contributed by atoms with Gasteiger partial charge in [-0.1, -0.05) is 19.6 Å². The van der Waals surface area contributed by atoms with Gasteiger partial charge in [-0.15, -0.1) is 0 Å². The lowest BCUT2D eigenvalue weighted by molar-refractivity contribution is 0.285. The summed E-state index contributed by atoms with van der Waals surface area (Å²) in [6, 6.07) is 6.60. The van der Waals surface area contributed by atoms with E-state index in [1.807, 2.05) is 19.1 Å². The molecule has 4 N–H and O–H groups in total. The fraction of sp³-hybridized carbons (Fsp3) is 0.455. The van der Waals surface area contributed by atoms with E-state index in [4.69, 9.17) is 10.2 Å². The molecule has 158 valence electrons. The van der Waals surface area contributed by atoms with Gasteiger partial charge in [0.05, 0.1) is 11.8 Å². The van der Waals surface area contributed by atoms with Crippen molar-refractivity contribution in [3.8, 4) is 6.07 Å². The number of aromatic amines is 1. The predicted octanol–water partition coefficient (Wildman–Crippen LogP) is 4.30. The van der Waals surface area contributed by atoms with Crippen molar-refractivity contribution in [2.24, 2.45) is 10.9 Å². The van der Waals surface area contributed by atoms with Gasteiger partial charge in [-0.05, 0) is 38.8 Å². The van der Waals surface area contributed by atoms with Crippen LogP contribution in [0.4, 0.5) is 23.1 Å². The van der Waals surface area contributed by atoms with Gasteiger partial charge in [0.2, 0.25) is 0 Å². The van der Waals surface area contributed by atoms with E-state index in [0.717, 1.165) is 42.9 Å². The lowest BCUT2D eigenvalue weighted by Crippen LogP contribution is -2.42. The van der Waals surface area contributed by atoms with Gasteiger partial charge in [0.1, 0.15) is 11.6 Å². The number of anilines is 3. The number of nitriles is 1. The minimum Gasteiger partial charge on any atom is -0.367 e. The van der Waals surface area contributed by atoms with Gasteiger partial charge in [0.25, 0.3) is 0 Å². The number of nitrogens with zero attached hydrogens (tertiary/aromatic N) is 4. The van der Waals surface area contributed by atoms with E-state index in [1.54, 1.807) is 6.08 Å². The van der Waals surface area contributed by atoms with Crippen LogP contribution < -0.4 is 16.0 Å². The number of hydrogen-bond acceptors (Lipinski definition) is 7. The van der Waals surface area contributed by atoms with E-state index in [2.05, 4.69) is 57.4 Å². The first-order valence-corrected chi connectivity index (χ1v) is 10.3. The van der Waals surface area contributed by atoms with Crippen molar-refractivity contribution in [2.45, 2.75) is 51.6 Å². The normalized spacial score (nSPS) is 20.9. The number of nitrogens with one attached hydrogen (secondary N) is 4. The van der Waals surface area contributed by atoms with Gasteiger partial charge >= 0.3 is 0 Å². The monoisotopic (exact) mass is 406 g/mol. The Kier molecular flexibility index (Phi) is 7.20. The predicted molar refractivity (Wildman–Crippen MR) is 123 cm³/mol. The van der Waals surface area contributed by atoms with Crippen LogP contribution in [0.1, 0.15) is 43.9 Å². The Labute approximate surface area is 177 Å². The van der Waals surface area contributed by atoms with Crippen LogP contribution in [0.2, 0.25) is 0 Å². The van der Waals surface area contributed by atoms with Crippen LogP contribution in [0.5, 0.6) is 0 Å². The fourth-order valence-electron chi connectivity index (χ4n) is 4.07. The summed E-state index contributed by atoms with van der Waals surface area (Å²) >= 11 is 0. The number of aromatic nitrogens is 3. The summed E-state index contributed by atoms with van der Waals surface area (Å²) in [4.78, 5) is 8.95. The van der Waals surface area contributed by atoms with E-state index in [-0.39, 0.29) is 6.04 Å². The van der Waals surface area contributed by atoms with Crippen LogP contribution in [0.25, 0.3) is 6.08 Å². The minimum absolute atomic E-state index is 0.264. The standard InChI is InChI=1S/C22H30N8/c1-5-18-19(24-4)13-20(27-21-11-15(3)29-30-21)28-22(18)26-17-10-14(2)9-16(12-17)25-8-6-7-23/h5,11,13-14,16-17,25H,1,4,6,8-10,12H2,2-3H3,(H3,26,27,28,29,30). The first kappa shape index (κ1) is 21.5. The first-order chi connectivity index (χ1) is 14.5. The quantitative estimate of drug-likeness (QED) is 0.365. The van der Waals surface area contributed by atoms with Crippen molar-refractivity contribution < 1.29 is 0 Å². The zero-order valence-electron chi connectivity index (χ0n) is 17.7. The molecule has 30 heavy (non-hydrogen) atoms. The van der Waals surface area contributed by atoms with Crippen molar-refractivity contribution >= 4 is 35.9 Å². The molecular weight excluding hydrogens is 376 g/mol. The molecule has 0 spiro atoms. The molecule has 2 aromatic heterocycles. The van der Waals surface area contributed by atoms with Crippen molar-refractivity contribution in [1.82, 2.24) is 20.5 Å². The summed E-state index contributed by atoms with van der Waals surface area (Å²) in [5, 5.41) is 26.3. The summed E-state index contributed by atoms with van der Waals surface area (Å²) in [6.45, 7) is 12.6. The van der Waals surface area contributed by atoms with Gasteiger partial charge in [-0.25, -0.2) is 4.98 Å². The molecule has 0 saturated heterocycles. The van der Waals surface area contributed by atoms with Gasteiger partial charge in [-0.2, -0.15) is 10.4 Å². The lowest BCUT2D eigenvalue weighted by Gasteiger charge is -2.35. The molecular formula is C22H30N8. The summed E-state index contributed by atoms with van der Waals surface area (Å²) < 4.78 is 0. The molecule has 1 saturated carbocycles. The Hall–Kier alpha value is -3.18. The van der Waals surface area contributed by atoms with E-state index in [1.165, 1.54) is 0 Å². The zero-order chi connectivity index (χ0) is 21.5. The molecule has 2 aromatic rings. The van der Waals surface area contributed by atoms with Crippen LogP contribution in [-0.4, -0.2) is 40.5 Å². The van der Waals surface area contributed by atoms with Crippen LogP contribution in [0.15, 0.2) is 23.7 Å². The Morgan fingerprint density at radius 3 is 2.77 bits per heavy atom. The van der Waals surface area contributed by atoms with Crippen LogP contribution in [-0.2, 0) is 0 Å². The number of aliphatic imine (C=N–C) groups is 1. The van der Waals surface area contributed by atoms with Gasteiger partial charge < -0.3 is 16.0 Å². The molecule has 1 aliphatic rings. The number of hydrogen-bond donors (Lipinski definition) is 4. The first-order valence-electron chi connectivity index (χ1n) is 10.3. The highest BCUT2D eigenvalue weighted by Crippen LogP contribution is 2.33. The number of rotatable bonds is 9. The molecule has 3 atom stereocenters. The average molecular weight is 407 g/mol. The molecule has 1 fully saturated rings. The number of H-pyrrole nitrogens is 1. The molecule has 3 rings (SSSR count). The van der Waals surface area contributed by atoms with E-state index < -0.39 is 0 Å². The molecule has 0 aromatic carbocycles. The molecule has 0 radical (unpaired) electrons. The summed E-state index contributed by atoms with van der Waals surface area (Å²) in [6.07, 6.45) is 5.43. The van der Waals surface area contributed by atoms with Crippen molar-refractivity contribution in [3.05, 3.63) is 30.0 Å². The maximum Gasteiger partial charge on any atom is 0.153 e. The van der Waals surface area contributed by atoms with Crippen molar-refractivity contribution in [2.75, 3.05) is 17.2 Å². The largest absolute Gasteiger partial charge is 0.367 e. The molecule has 8 heteroatoms. The molecule has 2 heterocycles. The summed E-state index contributed by atoms with van der Waals surface area (Å²) in [7, 11) is 0. The fourth-order valence-corrected chi connectivity index (χ4v) is 4.07. The lowest BCUT2D eigenvalue weighted by atomic mass is 9.83.